The Hall–Kier alpha value is -4.97. The molecule has 1 fully saturated rings. The van der Waals surface area contributed by atoms with Crippen molar-refractivity contribution in [2.45, 2.75) is 31.8 Å². The summed E-state index contributed by atoms with van der Waals surface area (Å²) in [5.41, 5.74) is 6.00. The van der Waals surface area contributed by atoms with Crippen LogP contribution in [0.25, 0.3) is 55.8 Å². The van der Waals surface area contributed by atoms with Gasteiger partial charge in [-0.05, 0) is 55.2 Å². The maximum Gasteiger partial charge on any atom is 0.255 e. The predicted octanol–water partition coefficient (Wildman–Crippen LogP) is 5.77. The molecule has 0 saturated heterocycles. The first kappa shape index (κ1) is 27.6. The summed E-state index contributed by atoms with van der Waals surface area (Å²) in [6.07, 6.45) is 7.50. The third-order valence-corrected chi connectivity index (χ3v) is 10.1. The number of sulfonamides is 1. The van der Waals surface area contributed by atoms with Gasteiger partial charge < -0.3 is 14.3 Å². The van der Waals surface area contributed by atoms with E-state index in [0.29, 0.717) is 74.9 Å². The van der Waals surface area contributed by atoms with Crippen LogP contribution < -0.4 is 9.62 Å². The molecule has 5 heterocycles. The van der Waals surface area contributed by atoms with E-state index < -0.39 is 10.0 Å². The summed E-state index contributed by atoms with van der Waals surface area (Å²) < 4.78 is 51.9. The van der Waals surface area contributed by atoms with E-state index in [1.807, 2.05) is 35.1 Å². The fourth-order valence-electron chi connectivity index (χ4n) is 6.30. The molecule has 1 aliphatic carbocycles. The second kappa shape index (κ2) is 9.77. The molecule has 1 amide bonds. The van der Waals surface area contributed by atoms with Crippen LogP contribution in [0.15, 0.2) is 65.3 Å². The highest BCUT2D eigenvalue weighted by atomic mass is 32.2. The molecule has 2 aliphatic rings. The minimum absolute atomic E-state index is 0.296. The van der Waals surface area contributed by atoms with E-state index in [2.05, 4.69) is 15.0 Å². The lowest BCUT2D eigenvalue weighted by molar-refractivity contribution is 0.0964. The molecule has 10 nitrogen and oxygen atoms in total. The molecule has 0 spiro atoms. The van der Waals surface area contributed by atoms with Gasteiger partial charge in [0.25, 0.3) is 5.91 Å². The topological polar surface area (TPSA) is 115 Å². The molecule has 45 heavy (non-hydrogen) atoms. The Morgan fingerprint density at radius 2 is 1.96 bits per heavy atom. The van der Waals surface area contributed by atoms with Gasteiger partial charge in [-0.3, -0.25) is 13.8 Å². The number of rotatable bonds is 6. The summed E-state index contributed by atoms with van der Waals surface area (Å²) >= 11 is 0. The maximum atomic E-state index is 14.8. The number of carbonyl (C=O) groups excluding carboxylic acids is 1. The highest BCUT2D eigenvalue weighted by Gasteiger charge is 2.30. The van der Waals surface area contributed by atoms with E-state index >= 15 is 0 Å². The lowest BCUT2D eigenvalue weighted by Crippen LogP contribution is -2.25. The van der Waals surface area contributed by atoms with Gasteiger partial charge in [0, 0.05) is 49.2 Å². The van der Waals surface area contributed by atoms with Crippen molar-refractivity contribution >= 4 is 43.5 Å². The summed E-state index contributed by atoms with van der Waals surface area (Å²) in [6.45, 7) is 0.689. The second-order valence-electron chi connectivity index (χ2n) is 11.7. The van der Waals surface area contributed by atoms with Crippen molar-refractivity contribution in [3.8, 4) is 34.0 Å². The van der Waals surface area contributed by atoms with Crippen LogP contribution in [0, 0.1) is 5.82 Å². The number of benzene rings is 2. The molecule has 228 valence electrons. The number of nitrogens with one attached hydrogen (secondary N) is 1. The Morgan fingerprint density at radius 1 is 1.13 bits per heavy atom. The van der Waals surface area contributed by atoms with E-state index in [-0.39, 0.29) is 11.7 Å². The molecule has 6 aromatic rings. The fraction of sp³-hybridized carbons (Fsp3) is 0.242. The van der Waals surface area contributed by atoms with Crippen molar-refractivity contribution < 1.29 is 22.0 Å². The minimum atomic E-state index is -3.69. The first-order valence-electron chi connectivity index (χ1n) is 14.7. The average molecular weight is 625 g/mol. The van der Waals surface area contributed by atoms with E-state index in [0.717, 1.165) is 35.9 Å². The minimum Gasteiger partial charge on any atom is -0.455 e. The summed E-state index contributed by atoms with van der Waals surface area (Å²) in [7, 11) is -0.665. The molecule has 1 N–H and O–H groups in total. The van der Waals surface area contributed by atoms with Gasteiger partial charge in [-0.25, -0.2) is 17.8 Å². The maximum absolute atomic E-state index is 14.8. The van der Waals surface area contributed by atoms with E-state index in [1.54, 1.807) is 31.4 Å². The number of pyridine rings is 1. The zero-order valence-electron chi connectivity index (χ0n) is 24.8. The Labute approximate surface area is 258 Å². The largest absolute Gasteiger partial charge is 0.455 e. The Morgan fingerprint density at radius 3 is 2.71 bits per heavy atom. The Bertz CT molecular complexity index is 2310. The Balaban J connectivity index is 1.36. The molecule has 0 radical (unpaired) electrons. The SMILES string of the molecule is CNC(=O)c1c(-c2cnn(C3CC3)c2)oc2cc(N(C)S(C)(=O)=O)c(-c3ccc4c(n3)-c3cc5c(F)cccc5n3CC4)cc12. The highest BCUT2D eigenvalue weighted by Crippen LogP contribution is 2.43. The monoisotopic (exact) mass is 624 g/mol. The zero-order chi connectivity index (χ0) is 31.2. The quantitative estimate of drug-likeness (QED) is 0.252. The van der Waals surface area contributed by atoms with Gasteiger partial charge in [-0.15, -0.1) is 0 Å². The van der Waals surface area contributed by atoms with Crippen LogP contribution in [0.3, 0.4) is 0 Å². The van der Waals surface area contributed by atoms with Crippen LogP contribution in [0.1, 0.15) is 34.8 Å². The van der Waals surface area contributed by atoms with Crippen molar-refractivity contribution in [3.05, 3.63) is 77.9 Å². The van der Waals surface area contributed by atoms with Crippen LogP contribution in [0.4, 0.5) is 10.1 Å². The molecule has 2 aromatic carbocycles. The molecular formula is C33H29FN6O4S. The highest BCUT2D eigenvalue weighted by molar-refractivity contribution is 7.92. The van der Waals surface area contributed by atoms with Gasteiger partial charge in [0.15, 0.2) is 5.76 Å². The van der Waals surface area contributed by atoms with Crippen molar-refractivity contribution in [3.63, 3.8) is 0 Å². The fourth-order valence-corrected chi connectivity index (χ4v) is 6.81. The average Bonchev–Trinajstić information content (AvgIpc) is 3.45. The third kappa shape index (κ3) is 4.34. The number of amides is 1. The van der Waals surface area contributed by atoms with Crippen LogP contribution in [-0.2, 0) is 23.0 Å². The van der Waals surface area contributed by atoms with Gasteiger partial charge in [0.2, 0.25) is 10.0 Å². The number of hydrogen-bond acceptors (Lipinski definition) is 6. The van der Waals surface area contributed by atoms with Gasteiger partial charge in [-0.1, -0.05) is 12.1 Å². The molecule has 0 atom stereocenters. The van der Waals surface area contributed by atoms with E-state index in [1.165, 1.54) is 17.4 Å². The smallest absolute Gasteiger partial charge is 0.255 e. The number of aryl methyl sites for hydroxylation is 2. The molecular weight excluding hydrogens is 595 g/mol. The van der Waals surface area contributed by atoms with Crippen molar-refractivity contribution in [1.29, 1.82) is 0 Å². The number of hydrogen-bond donors (Lipinski definition) is 1. The van der Waals surface area contributed by atoms with Crippen LogP contribution in [-0.4, -0.2) is 54.0 Å². The normalized spacial score (nSPS) is 14.5. The van der Waals surface area contributed by atoms with Gasteiger partial charge in [0.05, 0.1) is 57.9 Å². The molecule has 0 unspecified atom stereocenters. The summed E-state index contributed by atoms with van der Waals surface area (Å²) in [5, 5.41) is 8.24. The van der Waals surface area contributed by atoms with Crippen molar-refractivity contribution in [1.82, 2.24) is 24.6 Å². The molecule has 1 saturated carbocycles. The summed E-state index contributed by atoms with van der Waals surface area (Å²) in [5.74, 6) is -0.288. The number of halogens is 1. The standard InChI is InChI=1S/C33H29FN6O4S/c1-35-33(41)30-23-13-22(25-10-7-18-11-12-39-26-6-4-5-24(34)21(26)14-28(39)31(18)37-25)27(38(2)45(3,42)43)15-29(23)44-32(30)19-16-36-40(17-19)20-8-9-20/h4-7,10,13-17,20H,8-9,11-12H2,1-3H3,(H,35,41). The van der Waals surface area contributed by atoms with Crippen LogP contribution in [0.5, 0.6) is 0 Å². The first-order chi connectivity index (χ1) is 21.6. The first-order valence-corrected chi connectivity index (χ1v) is 16.6. The van der Waals surface area contributed by atoms with Gasteiger partial charge >= 0.3 is 0 Å². The number of nitrogens with zero attached hydrogens (tertiary/aromatic N) is 5. The Kier molecular flexibility index (Phi) is 5.98. The van der Waals surface area contributed by atoms with Crippen molar-refractivity contribution in [2.24, 2.45) is 0 Å². The number of aromatic nitrogens is 4. The zero-order valence-corrected chi connectivity index (χ0v) is 25.7. The van der Waals surface area contributed by atoms with E-state index in [9.17, 15) is 17.6 Å². The van der Waals surface area contributed by atoms with Crippen LogP contribution >= 0.6 is 0 Å². The summed E-state index contributed by atoms with van der Waals surface area (Å²) in [4.78, 5) is 18.4. The van der Waals surface area contributed by atoms with Crippen LogP contribution in [0.2, 0.25) is 0 Å². The molecule has 12 heteroatoms. The number of carbonyl (C=O) groups is 1. The molecule has 0 bridgehead atoms. The number of anilines is 1. The molecule has 1 aliphatic heterocycles. The van der Waals surface area contributed by atoms with Gasteiger partial charge in [-0.2, -0.15) is 5.10 Å². The van der Waals surface area contributed by atoms with E-state index in [4.69, 9.17) is 9.40 Å². The van der Waals surface area contributed by atoms with Crippen molar-refractivity contribution in [2.75, 3.05) is 24.7 Å². The lowest BCUT2D eigenvalue weighted by atomic mass is 9.99. The number of fused-ring (bicyclic) bond motifs is 6. The number of furan rings is 1. The molecule has 4 aromatic heterocycles. The van der Waals surface area contributed by atoms with Gasteiger partial charge in [0.1, 0.15) is 11.4 Å². The third-order valence-electron chi connectivity index (χ3n) is 8.88. The predicted molar refractivity (Wildman–Crippen MR) is 170 cm³/mol. The second-order valence-corrected chi connectivity index (χ2v) is 13.7. The summed E-state index contributed by atoms with van der Waals surface area (Å²) in [6, 6.07) is 14.5. The molecule has 8 rings (SSSR count). The lowest BCUT2D eigenvalue weighted by Gasteiger charge is -2.23.